The molecule has 478 valence electrons. The third kappa shape index (κ3) is 11.2. The van der Waals surface area contributed by atoms with Crippen molar-refractivity contribution in [1.29, 1.82) is 0 Å². The number of rotatable bonds is 14. The number of ether oxygens (including phenoxy) is 12. The molecule has 7 heterocycles. The fourth-order valence-corrected chi connectivity index (χ4v) is 17.4. The van der Waals surface area contributed by atoms with Crippen LogP contribution in [0.5, 0.6) is 0 Å². The van der Waals surface area contributed by atoms with Gasteiger partial charge >= 0.3 is 0 Å². The molecule has 15 N–H and O–H groups in total. The lowest BCUT2D eigenvalue weighted by Gasteiger charge is -2.61. The van der Waals surface area contributed by atoms with Gasteiger partial charge in [0.2, 0.25) is 0 Å². The molecule has 83 heavy (non-hydrogen) atoms. The van der Waals surface area contributed by atoms with Gasteiger partial charge < -0.3 is 133 Å². The number of aliphatic hydroxyl groups excluding tert-OH is 15. The first-order valence-corrected chi connectivity index (χ1v) is 30.3. The van der Waals surface area contributed by atoms with Crippen molar-refractivity contribution in [3.63, 3.8) is 0 Å². The molecule has 7 saturated heterocycles. The zero-order valence-electron chi connectivity index (χ0n) is 47.5. The second kappa shape index (κ2) is 25.0. The summed E-state index contributed by atoms with van der Waals surface area (Å²) in [5.41, 5.74) is 0.177. The maximum absolute atomic E-state index is 12.2. The van der Waals surface area contributed by atoms with E-state index in [2.05, 4.69) is 27.7 Å². The first-order valence-electron chi connectivity index (χ1n) is 30.3. The third-order valence-corrected chi connectivity index (χ3v) is 22.1. The average molecular weight is 1200 g/mol. The Kier molecular flexibility index (Phi) is 19.1. The zero-order chi connectivity index (χ0) is 59.4. The van der Waals surface area contributed by atoms with Crippen molar-refractivity contribution in [2.75, 3.05) is 39.6 Å². The van der Waals surface area contributed by atoms with Crippen LogP contribution in [0, 0.1) is 52.3 Å². The highest BCUT2D eigenvalue weighted by atomic mass is 16.8. The second-order valence-corrected chi connectivity index (χ2v) is 26.7. The van der Waals surface area contributed by atoms with E-state index in [4.69, 9.17) is 56.8 Å². The highest BCUT2D eigenvalue weighted by molar-refractivity contribution is 5.16. The van der Waals surface area contributed by atoms with Gasteiger partial charge in [0.15, 0.2) is 37.2 Å². The minimum Gasteiger partial charge on any atom is -0.394 e. The summed E-state index contributed by atoms with van der Waals surface area (Å²) in [6.07, 6.45) is -34.9. The van der Waals surface area contributed by atoms with Crippen molar-refractivity contribution < 1.29 is 133 Å². The van der Waals surface area contributed by atoms with E-state index in [1.54, 1.807) is 0 Å². The molecule has 0 aromatic carbocycles. The summed E-state index contributed by atoms with van der Waals surface area (Å²) in [6, 6.07) is 0. The highest BCUT2D eigenvalue weighted by Gasteiger charge is 2.70. The molecule has 27 nitrogen and oxygen atoms in total. The van der Waals surface area contributed by atoms with Gasteiger partial charge in [-0.3, -0.25) is 0 Å². The molecule has 7 aliphatic heterocycles. The molecule has 11 aliphatic rings. The molecule has 27 heteroatoms. The monoisotopic (exact) mass is 1200 g/mol. The largest absolute Gasteiger partial charge is 0.394 e. The molecule has 11 fully saturated rings. The van der Waals surface area contributed by atoms with Crippen LogP contribution < -0.4 is 0 Å². The van der Waals surface area contributed by atoms with Gasteiger partial charge in [-0.1, -0.05) is 27.7 Å². The first-order chi connectivity index (χ1) is 39.5. The smallest absolute Gasteiger partial charge is 0.187 e. The highest BCUT2D eigenvalue weighted by Crippen LogP contribution is 2.71. The molecule has 11 rings (SSSR count). The van der Waals surface area contributed by atoms with Gasteiger partial charge in [-0.2, -0.15) is 0 Å². The molecule has 1 spiro atoms. The van der Waals surface area contributed by atoms with Gasteiger partial charge in [-0.05, 0) is 104 Å². The Morgan fingerprint density at radius 1 is 0.446 bits per heavy atom. The van der Waals surface area contributed by atoms with E-state index < -0.39 is 192 Å². The minimum atomic E-state index is -2.18. The maximum atomic E-state index is 12.2. The van der Waals surface area contributed by atoms with Crippen molar-refractivity contribution in [1.82, 2.24) is 0 Å². The average Bonchev–Trinajstić information content (AvgIpc) is 3.48. The van der Waals surface area contributed by atoms with Crippen LogP contribution >= 0.6 is 0 Å². The maximum Gasteiger partial charge on any atom is 0.187 e. The molecule has 0 radical (unpaired) electrons. The third-order valence-electron chi connectivity index (χ3n) is 22.1. The van der Waals surface area contributed by atoms with Gasteiger partial charge in [0, 0.05) is 12.3 Å². The summed E-state index contributed by atoms with van der Waals surface area (Å²) >= 11 is 0. The molecule has 0 aromatic rings. The summed E-state index contributed by atoms with van der Waals surface area (Å²) in [6.45, 7) is 6.15. The molecule has 36 atom stereocenters. The molecule has 4 saturated carbocycles. The lowest BCUT2D eigenvalue weighted by Crippen LogP contribution is -2.69. The van der Waals surface area contributed by atoms with E-state index in [0.29, 0.717) is 48.3 Å². The fraction of sp³-hybridized carbons (Fsp3) is 1.00. The molecular weight excluding hydrogens is 1100 g/mol. The molecule has 0 unspecified atom stereocenters. The number of aliphatic hydroxyl groups is 15. The predicted octanol–water partition coefficient (Wildman–Crippen LogP) is -4.45. The van der Waals surface area contributed by atoms with Crippen molar-refractivity contribution >= 4 is 0 Å². The van der Waals surface area contributed by atoms with E-state index in [1.807, 2.05) is 0 Å². The van der Waals surface area contributed by atoms with E-state index >= 15 is 0 Å². The number of hydrogen-bond acceptors (Lipinski definition) is 27. The van der Waals surface area contributed by atoms with Crippen molar-refractivity contribution in [2.45, 2.75) is 257 Å². The van der Waals surface area contributed by atoms with Crippen LogP contribution in [0.2, 0.25) is 0 Å². The van der Waals surface area contributed by atoms with Gasteiger partial charge in [-0.25, -0.2) is 0 Å². The molecule has 0 amide bonds. The quantitative estimate of drug-likeness (QED) is 0.0730. The number of fused-ring (bicyclic) bond motifs is 7. The van der Waals surface area contributed by atoms with Crippen LogP contribution in [-0.2, 0) is 56.8 Å². The normalized spacial score (nSPS) is 57.4. The fourth-order valence-electron chi connectivity index (χ4n) is 17.4. The Morgan fingerprint density at radius 3 is 1.59 bits per heavy atom. The minimum absolute atomic E-state index is 0.0208. The lowest BCUT2D eigenvalue weighted by atomic mass is 9.44. The van der Waals surface area contributed by atoms with Crippen LogP contribution in [0.4, 0.5) is 0 Å². The van der Waals surface area contributed by atoms with E-state index in [-0.39, 0.29) is 22.9 Å². The van der Waals surface area contributed by atoms with E-state index in [1.165, 1.54) is 0 Å². The van der Waals surface area contributed by atoms with Gasteiger partial charge in [0.05, 0.1) is 51.8 Å². The van der Waals surface area contributed by atoms with Crippen LogP contribution in [-0.4, -0.2) is 282 Å². The Balaban J connectivity index is 0.809. The van der Waals surface area contributed by atoms with E-state index in [0.717, 1.165) is 58.0 Å². The standard InChI is InChI=1S/C56H92O27/c1-21-7-12-56(73-19-21)22(2)34-29(83-56)14-27-25-6-5-23-13-24(8-10-54(23,3)26(25)9-11-55(27,34)4)74-51-43(70)46(38(65)31(16-58)76-51)80-53-48(47(39(66)33(18-60)78-53)81-49-41(68)35(62)28(61)20-72-49)82-52-44(71)45(37(64)32(17-59)77-52)79-50-42(69)40(67)36(63)30(15-57)75-50/h21-53,57-71H,5-20H2,1-4H3/t21-,22-,23-,24-,25+,26-,27-,28+,29-,30+,31+,32+,33+,34-,35-,36+,37-,38-,39+,40-,41+,42+,43+,44+,45-,46-,47-,48+,49-,50-,51+,52-,53-,54-,55-,56+/m0/s1. The predicted molar refractivity (Wildman–Crippen MR) is 275 cm³/mol. The number of hydrogen-bond donors (Lipinski definition) is 15. The Morgan fingerprint density at radius 2 is 0.976 bits per heavy atom. The Labute approximate surface area is 481 Å². The van der Waals surface area contributed by atoms with Crippen LogP contribution in [0.25, 0.3) is 0 Å². The van der Waals surface area contributed by atoms with Crippen LogP contribution in [0.15, 0.2) is 0 Å². The van der Waals surface area contributed by atoms with Gasteiger partial charge in [0.1, 0.15) is 116 Å². The van der Waals surface area contributed by atoms with Crippen LogP contribution in [0.3, 0.4) is 0 Å². The Hall–Kier alpha value is -1.08. The zero-order valence-corrected chi connectivity index (χ0v) is 47.5. The van der Waals surface area contributed by atoms with Gasteiger partial charge in [-0.15, -0.1) is 0 Å². The van der Waals surface area contributed by atoms with Crippen molar-refractivity contribution in [3.8, 4) is 0 Å². The lowest BCUT2D eigenvalue weighted by molar-refractivity contribution is -0.410. The SMILES string of the molecule is C[C@H]1CC[C@@]2(OC1)O[C@H]1C[C@H]3[C@@H]4CC[C@H]5C[C@@H](O[C@@H]6O[C@H](CO)[C@H](O)[C@H](O[C@@H]7O[C@H](CO)[C@@H](O)[C@H](O[C@@H]8OC[C@@H](O)[C@H](O)[C@H]8O)[C@H]7O[C@@H]7O[C@H](CO)[C@H](O)[C@H](O[C@@H]8O[C@H](CO)[C@@H](O)[C@H](O)[C@H]8O)[C@H]7O)[C@H]6O)CC[C@]5(C)[C@H]4CC[C@]3(C)[C@H]1[C@@H]2C. The summed E-state index contributed by atoms with van der Waals surface area (Å²) < 4.78 is 73.6. The molecule has 0 aromatic heterocycles. The summed E-state index contributed by atoms with van der Waals surface area (Å²) in [5.74, 6) is 2.70. The first kappa shape index (κ1) is 63.5. The topological polar surface area (TPSA) is 414 Å². The summed E-state index contributed by atoms with van der Waals surface area (Å²) in [7, 11) is 0. The van der Waals surface area contributed by atoms with Gasteiger partial charge in [0.25, 0.3) is 0 Å². The van der Waals surface area contributed by atoms with Crippen molar-refractivity contribution in [3.05, 3.63) is 0 Å². The van der Waals surface area contributed by atoms with E-state index in [9.17, 15) is 76.6 Å². The molecule has 0 bridgehead atoms. The van der Waals surface area contributed by atoms with Crippen LogP contribution in [0.1, 0.15) is 91.9 Å². The second-order valence-electron chi connectivity index (χ2n) is 26.7. The molecule has 4 aliphatic carbocycles. The summed E-state index contributed by atoms with van der Waals surface area (Å²) in [4.78, 5) is 0. The summed E-state index contributed by atoms with van der Waals surface area (Å²) in [5, 5.41) is 164. The molecular formula is C56H92O27. The van der Waals surface area contributed by atoms with Crippen molar-refractivity contribution in [2.24, 2.45) is 52.3 Å². The Bertz CT molecular complexity index is 2150.